The fraction of sp³-hybridized carbons (Fsp3) is 0. The van der Waals surface area contributed by atoms with Crippen molar-refractivity contribution < 1.29 is 41.1 Å². The van der Waals surface area contributed by atoms with Crippen LogP contribution in [0.25, 0.3) is 0 Å². The SMILES string of the molecule is O=C(O)c1ccc(S(=O)c2ccc(C(=O)O)cc2)cc1.[Cu]. The van der Waals surface area contributed by atoms with Gasteiger partial charge in [-0.3, -0.25) is 0 Å². The molecular formula is C14H10CuO5S. The number of aromatic carboxylic acids is 2. The summed E-state index contributed by atoms with van der Waals surface area (Å²) in [7, 11) is -1.48. The van der Waals surface area contributed by atoms with Crippen LogP contribution in [0, 0.1) is 0 Å². The van der Waals surface area contributed by atoms with Crippen LogP contribution in [-0.4, -0.2) is 26.4 Å². The molecule has 2 aromatic rings. The van der Waals surface area contributed by atoms with Crippen molar-refractivity contribution in [2.45, 2.75) is 9.79 Å². The van der Waals surface area contributed by atoms with Gasteiger partial charge in [-0.1, -0.05) is 0 Å². The summed E-state index contributed by atoms with van der Waals surface area (Å²) < 4.78 is 12.2. The van der Waals surface area contributed by atoms with Crippen LogP contribution in [-0.2, 0) is 27.9 Å². The van der Waals surface area contributed by atoms with Gasteiger partial charge in [-0.2, -0.15) is 0 Å². The minimum absolute atomic E-state index is 0. The van der Waals surface area contributed by atoms with E-state index in [1.54, 1.807) is 0 Å². The Bertz CT molecular complexity index is 620. The van der Waals surface area contributed by atoms with Crippen LogP contribution in [0.3, 0.4) is 0 Å². The zero-order valence-corrected chi connectivity index (χ0v) is 12.2. The summed E-state index contributed by atoms with van der Waals surface area (Å²) in [6.45, 7) is 0. The van der Waals surface area contributed by atoms with Gasteiger partial charge in [-0.25, -0.2) is 13.8 Å². The van der Waals surface area contributed by atoms with Gasteiger partial charge < -0.3 is 10.2 Å². The number of carboxylic acid groups (broad SMARTS) is 2. The number of hydrogen-bond acceptors (Lipinski definition) is 3. The van der Waals surface area contributed by atoms with Crippen molar-refractivity contribution in [3.63, 3.8) is 0 Å². The zero-order valence-electron chi connectivity index (χ0n) is 10.4. The fourth-order valence-electron chi connectivity index (χ4n) is 1.58. The molecule has 0 amide bonds. The van der Waals surface area contributed by atoms with Gasteiger partial charge in [0.2, 0.25) is 0 Å². The molecule has 0 aliphatic carbocycles. The molecule has 0 saturated heterocycles. The fourth-order valence-corrected chi connectivity index (χ4v) is 2.62. The van der Waals surface area contributed by atoms with E-state index in [0.29, 0.717) is 9.79 Å². The minimum Gasteiger partial charge on any atom is -0.478 e. The monoisotopic (exact) mass is 353 g/mol. The van der Waals surface area contributed by atoms with Crippen LogP contribution < -0.4 is 0 Å². The van der Waals surface area contributed by atoms with Crippen LogP contribution in [0.15, 0.2) is 58.3 Å². The third kappa shape index (κ3) is 4.01. The van der Waals surface area contributed by atoms with Gasteiger partial charge in [0.15, 0.2) is 0 Å². The largest absolute Gasteiger partial charge is 0.478 e. The topological polar surface area (TPSA) is 91.7 Å². The maximum absolute atomic E-state index is 12.2. The first-order valence-electron chi connectivity index (χ1n) is 5.57. The van der Waals surface area contributed by atoms with E-state index in [-0.39, 0.29) is 28.2 Å². The summed E-state index contributed by atoms with van der Waals surface area (Å²) in [5.74, 6) is -2.10. The summed E-state index contributed by atoms with van der Waals surface area (Å²) in [4.78, 5) is 22.4. The van der Waals surface area contributed by atoms with Crippen molar-refractivity contribution in [2.75, 3.05) is 0 Å². The van der Waals surface area contributed by atoms with E-state index in [2.05, 4.69) is 0 Å². The summed E-state index contributed by atoms with van der Waals surface area (Å²) in [5.41, 5.74) is 0.235. The molecule has 0 heterocycles. The van der Waals surface area contributed by atoms with Gasteiger partial charge in [-0.05, 0) is 48.5 Å². The molecule has 0 unspecified atom stereocenters. The van der Waals surface area contributed by atoms with E-state index in [1.165, 1.54) is 48.5 Å². The second-order valence-electron chi connectivity index (χ2n) is 3.93. The van der Waals surface area contributed by atoms with E-state index in [0.717, 1.165) is 0 Å². The average Bonchev–Trinajstić information content (AvgIpc) is 2.46. The first-order chi connectivity index (χ1) is 9.49. The standard InChI is InChI=1S/C14H10O5S.Cu/c15-13(16)9-1-5-11(6-2-9)20(19)12-7-3-10(4-8-12)14(17)18;/h1-8H,(H,15,16)(H,17,18);. The number of carboxylic acids is 2. The van der Waals surface area contributed by atoms with Crippen molar-refractivity contribution in [2.24, 2.45) is 0 Å². The molecule has 0 atom stereocenters. The number of rotatable bonds is 4. The van der Waals surface area contributed by atoms with E-state index in [4.69, 9.17) is 10.2 Å². The molecule has 2 aromatic carbocycles. The van der Waals surface area contributed by atoms with E-state index < -0.39 is 22.7 Å². The molecule has 0 spiro atoms. The van der Waals surface area contributed by atoms with E-state index >= 15 is 0 Å². The van der Waals surface area contributed by atoms with Crippen molar-refractivity contribution >= 4 is 22.7 Å². The van der Waals surface area contributed by atoms with E-state index in [1.807, 2.05) is 0 Å². The van der Waals surface area contributed by atoms with Crippen molar-refractivity contribution in [1.29, 1.82) is 0 Å². The Morgan fingerprint density at radius 3 is 1.24 bits per heavy atom. The smallest absolute Gasteiger partial charge is 0.335 e. The molecule has 0 saturated carbocycles. The van der Waals surface area contributed by atoms with Gasteiger partial charge in [0.25, 0.3) is 0 Å². The molecule has 0 bridgehead atoms. The summed E-state index contributed by atoms with van der Waals surface area (Å²) in [6, 6.07) is 11.4. The molecule has 21 heavy (non-hydrogen) atoms. The molecule has 2 rings (SSSR count). The molecule has 5 nitrogen and oxygen atoms in total. The first kappa shape index (κ1) is 17.1. The Labute approximate surface area is 133 Å². The van der Waals surface area contributed by atoms with Crippen LogP contribution in [0.5, 0.6) is 0 Å². The van der Waals surface area contributed by atoms with Gasteiger partial charge in [0.1, 0.15) is 0 Å². The van der Waals surface area contributed by atoms with Gasteiger partial charge in [0.05, 0.1) is 21.9 Å². The van der Waals surface area contributed by atoms with Crippen molar-refractivity contribution in [1.82, 2.24) is 0 Å². The van der Waals surface area contributed by atoms with Gasteiger partial charge in [0, 0.05) is 26.9 Å². The Morgan fingerprint density at radius 2 is 1.00 bits per heavy atom. The average molecular weight is 354 g/mol. The molecule has 0 fully saturated rings. The van der Waals surface area contributed by atoms with Gasteiger partial charge in [-0.15, -0.1) is 0 Å². The van der Waals surface area contributed by atoms with Crippen molar-refractivity contribution in [3.8, 4) is 0 Å². The van der Waals surface area contributed by atoms with Crippen LogP contribution in [0.2, 0.25) is 0 Å². The number of benzene rings is 2. The van der Waals surface area contributed by atoms with Crippen LogP contribution in [0.4, 0.5) is 0 Å². The maximum Gasteiger partial charge on any atom is 0.335 e. The van der Waals surface area contributed by atoms with E-state index in [9.17, 15) is 13.8 Å². The third-order valence-corrected chi connectivity index (χ3v) is 4.03. The molecule has 0 aliphatic heterocycles. The Kier molecular flexibility index (Phi) is 5.84. The molecule has 2 N–H and O–H groups in total. The van der Waals surface area contributed by atoms with Crippen LogP contribution in [0.1, 0.15) is 20.7 Å². The summed E-state index contributed by atoms with van der Waals surface area (Å²) in [6.07, 6.45) is 0. The molecule has 0 aliphatic rings. The van der Waals surface area contributed by atoms with Gasteiger partial charge >= 0.3 is 11.9 Å². The Hall–Kier alpha value is -1.95. The maximum atomic E-state index is 12.2. The van der Waals surface area contributed by atoms with Crippen LogP contribution >= 0.6 is 0 Å². The quantitative estimate of drug-likeness (QED) is 0.822. The number of carbonyl (C=O) groups is 2. The predicted molar refractivity (Wildman–Crippen MR) is 71.5 cm³/mol. The summed E-state index contributed by atoms with van der Waals surface area (Å²) in [5, 5.41) is 17.6. The molecule has 113 valence electrons. The molecule has 1 radical (unpaired) electrons. The molecular weight excluding hydrogens is 344 g/mol. The third-order valence-electron chi connectivity index (χ3n) is 2.63. The Morgan fingerprint density at radius 1 is 0.714 bits per heavy atom. The number of hydrogen-bond donors (Lipinski definition) is 2. The molecule has 0 aromatic heterocycles. The minimum atomic E-state index is -1.48. The normalized spacial score (nSPS) is 9.95. The van der Waals surface area contributed by atoms with Crippen molar-refractivity contribution in [3.05, 3.63) is 59.7 Å². The molecule has 7 heteroatoms. The Balaban J connectivity index is 0.00000220. The zero-order chi connectivity index (χ0) is 14.7. The first-order valence-corrected chi connectivity index (χ1v) is 6.72. The predicted octanol–water partition coefficient (Wildman–Crippen LogP) is 2.25. The second kappa shape index (κ2) is 7.17. The second-order valence-corrected chi connectivity index (χ2v) is 5.41. The summed E-state index contributed by atoms with van der Waals surface area (Å²) >= 11 is 0.